The summed E-state index contributed by atoms with van der Waals surface area (Å²) in [6.07, 6.45) is 0. The van der Waals surface area contributed by atoms with Gasteiger partial charge in [0.05, 0.1) is 0 Å². The predicted octanol–water partition coefficient (Wildman–Crippen LogP) is 6.30. The van der Waals surface area contributed by atoms with Gasteiger partial charge in [0.1, 0.15) is 0 Å². The largest absolute Gasteiger partial charge is 0.168 e. The van der Waals surface area contributed by atoms with Crippen LogP contribution in [0.15, 0.2) is 84.9 Å². The van der Waals surface area contributed by atoms with Gasteiger partial charge in [0.2, 0.25) is 0 Å². The average molecular weight is 438 g/mol. The molecule has 0 nitrogen and oxygen atoms in total. The molecule has 4 aromatic rings. The Morgan fingerprint density at radius 1 is 0.800 bits per heavy atom. The molecule has 0 unspecified atom stereocenters. The van der Waals surface area contributed by atoms with Gasteiger partial charge in [0, 0.05) is 0 Å². The van der Waals surface area contributed by atoms with Crippen molar-refractivity contribution in [2.75, 3.05) is 0 Å². The quantitative estimate of drug-likeness (QED) is 0.255. The Morgan fingerprint density at radius 3 is 1.56 bits per heavy atom. The molecule has 0 aliphatic rings. The monoisotopic (exact) mass is 436 g/mol. The fraction of sp³-hybridized carbons (Fsp3) is 0.182. The zero-order chi connectivity index (χ0) is 18.1. The van der Waals surface area contributed by atoms with Crippen molar-refractivity contribution in [2.45, 2.75) is 25.3 Å². The van der Waals surface area contributed by atoms with E-state index < -0.39 is 0 Å². The van der Waals surface area contributed by atoms with Crippen molar-refractivity contribution in [2.24, 2.45) is 0 Å². The molecule has 0 saturated heterocycles. The molecular formula is C22H26Si2Zr. The van der Waals surface area contributed by atoms with Gasteiger partial charge in [-0.25, -0.2) is 0 Å². The molecule has 4 rings (SSSR count). The topological polar surface area (TPSA) is 0 Å². The number of rotatable bonds is 2. The first kappa shape index (κ1) is 20.3. The van der Waals surface area contributed by atoms with Crippen molar-refractivity contribution in [1.29, 1.82) is 0 Å². The predicted molar refractivity (Wildman–Crippen MR) is 114 cm³/mol. The molecule has 0 atom stereocenters. The van der Waals surface area contributed by atoms with Crippen LogP contribution in [0.3, 0.4) is 0 Å². The third-order valence-electron chi connectivity index (χ3n) is 3.81. The van der Waals surface area contributed by atoms with Crippen molar-refractivity contribution in [3.63, 3.8) is 0 Å². The second-order valence-corrected chi connectivity index (χ2v) is 19.0. The maximum Gasteiger partial charge on any atom is -0.0809 e. The van der Waals surface area contributed by atoms with Crippen LogP contribution in [0, 0.1) is 0 Å². The molecule has 0 saturated carbocycles. The van der Waals surface area contributed by atoms with Crippen molar-refractivity contribution >= 4 is 35.8 Å². The maximum absolute atomic E-state index is 2.44. The van der Waals surface area contributed by atoms with E-state index >= 15 is 0 Å². The van der Waals surface area contributed by atoms with Crippen LogP contribution in [0.4, 0.5) is 0 Å². The molecular weight excluding hydrogens is 412 g/mol. The molecule has 0 aliphatic heterocycles. The van der Waals surface area contributed by atoms with Gasteiger partial charge in [-0.2, -0.15) is 35.0 Å². The molecule has 0 bridgehead atoms. The molecule has 0 radical (unpaired) electrons. The number of fused-ring (bicyclic) bond motifs is 2. The van der Waals surface area contributed by atoms with Crippen LogP contribution in [0.25, 0.3) is 21.5 Å². The Balaban J connectivity index is 0.000000137. The normalized spacial score (nSPS) is 10.2. The summed E-state index contributed by atoms with van der Waals surface area (Å²) in [5.74, 6) is 0. The van der Waals surface area contributed by atoms with E-state index in [1.165, 1.54) is 21.5 Å². The van der Waals surface area contributed by atoms with Crippen molar-refractivity contribution < 1.29 is 23.3 Å². The van der Waals surface area contributed by atoms with Crippen molar-refractivity contribution in [3.8, 4) is 0 Å². The van der Waals surface area contributed by atoms with E-state index in [9.17, 15) is 0 Å². The maximum atomic E-state index is 2.44. The van der Waals surface area contributed by atoms with E-state index in [4.69, 9.17) is 0 Å². The van der Waals surface area contributed by atoms with Crippen LogP contribution in [0.1, 0.15) is 0 Å². The van der Waals surface area contributed by atoms with Crippen LogP contribution >= 0.6 is 0 Å². The Bertz CT molecular complexity index is 776. The van der Waals surface area contributed by atoms with E-state index in [-0.39, 0.29) is 14.2 Å². The molecule has 126 valence electrons. The number of hydrogen-bond acceptors (Lipinski definition) is 0. The zero-order valence-corrected chi connectivity index (χ0v) is 20.0. The molecule has 0 aromatic heterocycles. The molecule has 3 heteroatoms. The third-order valence-corrected chi connectivity index (χ3v) is 14.0. The van der Waals surface area contributed by atoms with E-state index in [1.54, 1.807) is 5.67 Å². The van der Waals surface area contributed by atoms with Crippen LogP contribution in [-0.2, 0) is 23.3 Å². The second kappa shape index (κ2) is 10.9. The van der Waals surface area contributed by atoms with Gasteiger partial charge in [0.25, 0.3) is 0 Å². The summed E-state index contributed by atoms with van der Waals surface area (Å²) in [6.45, 7) is 7.33. The zero-order valence-electron chi connectivity index (χ0n) is 15.4. The molecule has 0 N–H and O–H groups in total. The van der Waals surface area contributed by atoms with Crippen LogP contribution < -0.4 is 0 Å². The summed E-state index contributed by atoms with van der Waals surface area (Å²) in [7, 11) is -0.161. The molecule has 0 heterocycles. The SMILES string of the molecule is C[Si](=[Zr+2])C[SiH](C)C.c1ccc2[cH-]ccc2c1.c1ccc2[cH-]ccc2c1. The first-order chi connectivity index (χ1) is 12.1. The Morgan fingerprint density at radius 2 is 1.24 bits per heavy atom. The minimum atomic E-state index is -0.161. The standard InChI is InChI=1S/2C9H7.C4H12Si2.Zr/c2*1-2-5-9-7-3-6-8(9)4-1;1-5-4-6(2)3;/h2*1-7H;6H,4H2,1-3H3;/q2*-1;;+2. The van der Waals surface area contributed by atoms with Gasteiger partial charge in [-0.15, -0.1) is 59.3 Å². The van der Waals surface area contributed by atoms with Gasteiger partial charge in [-0.3, -0.25) is 0 Å². The fourth-order valence-corrected chi connectivity index (χ4v) is 16.7. The van der Waals surface area contributed by atoms with Crippen LogP contribution in [-0.4, -0.2) is 14.2 Å². The molecule has 0 amide bonds. The van der Waals surface area contributed by atoms with Crippen LogP contribution in [0.5, 0.6) is 0 Å². The first-order valence-corrected chi connectivity index (χ1v) is 17.8. The first-order valence-electron chi connectivity index (χ1n) is 8.81. The van der Waals surface area contributed by atoms with Crippen LogP contribution in [0.2, 0.25) is 25.3 Å². The Labute approximate surface area is 168 Å². The van der Waals surface area contributed by atoms with Gasteiger partial charge < -0.3 is 0 Å². The average Bonchev–Trinajstić information content (AvgIpc) is 3.23. The van der Waals surface area contributed by atoms with E-state index in [2.05, 4.69) is 105 Å². The number of benzene rings is 2. The number of hydrogen-bond donors (Lipinski definition) is 0. The molecule has 0 aliphatic carbocycles. The van der Waals surface area contributed by atoms with Gasteiger partial charge in [-0.05, 0) is 0 Å². The smallest absolute Gasteiger partial charge is 0.0809 e. The summed E-state index contributed by atoms with van der Waals surface area (Å²) < 4.78 is 0. The molecule has 4 aromatic carbocycles. The van der Waals surface area contributed by atoms with E-state index in [1.807, 2.05) is 23.3 Å². The van der Waals surface area contributed by atoms with Gasteiger partial charge in [0.15, 0.2) is 0 Å². The van der Waals surface area contributed by atoms with Gasteiger partial charge >= 0.3 is 62.9 Å². The Hall–Kier alpha value is -1.02. The van der Waals surface area contributed by atoms with E-state index in [0.29, 0.717) is 0 Å². The summed E-state index contributed by atoms with van der Waals surface area (Å²) in [6, 6.07) is 29.3. The van der Waals surface area contributed by atoms with E-state index in [0.717, 1.165) is 0 Å². The Kier molecular flexibility index (Phi) is 8.81. The fourth-order valence-electron chi connectivity index (χ4n) is 2.75. The summed E-state index contributed by atoms with van der Waals surface area (Å²) >= 11 is 1.82. The second-order valence-electron chi connectivity index (χ2n) is 6.69. The summed E-state index contributed by atoms with van der Waals surface area (Å²) in [5, 5.41) is 5.32. The minimum absolute atomic E-state index is 0.161. The molecule has 25 heavy (non-hydrogen) atoms. The molecule has 0 spiro atoms. The minimum Gasteiger partial charge on any atom is -0.168 e. The third kappa shape index (κ3) is 7.39. The van der Waals surface area contributed by atoms with Gasteiger partial charge in [-0.1, -0.05) is 12.1 Å². The summed E-state index contributed by atoms with van der Waals surface area (Å²) in [5.41, 5.74) is 1.86. The van der Waals surface area contributed by atoms with Crippen molar-refractivity contribution in [3.05, 3.63) is 84.9 Å². The molecule has 0 fully saturated rings. The van der Waals surface area contributed by atoms with Crippen molar-refractivity contribution in [1.82, 2.24) is 0 Å². The summed E-state index contributed by atoms with van der Waals surface area (Å²) in [4.78, 5) is 0.